The van der Waals surface area contributed by atoms with Crippen LogP contribution in [0.3, 0.4) is 0 Å². The van der Waals surface area contributed by atoms with Crippen molar-refractivity contribution in [2.24, 2.45) is 0 Å². The number of allylic oxidation sites excluding steroid dienone is 1. The molecular weight excluding hydrogens is 410 g/mol. The van der Waals surface area contributed by atoms with Gasteiger partial charge in [0, 0.05) is 12.3 Å². The highest BCUT2D eigenvalue weighted by atomic mass is 32.2. The third-order valence-corrected chi connectivity index (χ3v) is 6.30. The standard InChI is InChI=1S/C18H16F2N2O2S3/c1-3-7-22-16(23)12-6-8-25-15(12)21-18(22)26-10-11-4-5-14(27-17(19)20)13(9-11)24-2/h3-6,8-9,17H,1,7,10H2,2H3. The largest absolute Gasteiger partial charge is 0.496 e. The van der Waals surface area contributed by atoms with Crippen molar-refractivity contribution in [3.05, 3.63) is 58.2 Å². The van der Waals surface area contributed by atoms with Crippen molar-refractivity contribution < 1.29 is 13.5 Å². The Balaban J connectivity index is 1.87. The van der Waals surface area contributed by atoms with Gasteiger partial charge in [-0.1, -0.05) is 35.7 Å². The third kappa shape index (κ3) is 4.53. The zero-order valence-corrected chi connectivity index (χ0v) is 16.8. The fourth-order valence-electron chi connectivity index (χ4n) is 2.47. The van der Waals surface area contributed by atoms with E-state index in [0.717, 1.165) is 5.56 Å². The summed E-state index contributed by atoms with van der Waals surface area (Å²) in [6.45, 7) is 4.07. The van der Waals surface area contributed by atoms with Crippen LogP contribution in [0.5, 0.6) is 5.75 Å². The molecule has 0 spiro atoms. The molecule has 0 aliphatic rings. The molecule has 0 fully saturated rings. The van der Waals surface area contributed by atoms with E-state index < -0.39 is 5.76 Å². The zero-order chi connectivity index (χ0) is 19.4. The Morgan fingerprint density at radius 2 is 2.22 bits per heavy atom. The number of hydrogen-bond acceptors (Lipinski definition) is 6. The molecule has 142 valence electrons. The molecule has 0 amide bonds. The summed E-state index contributed by atoms with van der Waals surface area (Å²) in [6, 6.07) is 6.91. The highest BCUT2D eigenvalue weighted by molar-refractivity contribution is 7.99. The monoisotopic (exact) mass is 426 g/mol. The molecule has 0 aliphatic carbocycles. The molecule has 0 atom stereocenters. The van der Waals surface area contributed by atoms with Crippen LogP contribution in [0.1, 0.15) is 5.56 Å². The predicted octanol–water partition coefficient (Wildman–Crippen LogP) is 5.26. The Morgan fingerprint density at radius 3 is 2.93 bits per heavy atom. The van der Waals surface area contributed by atoms with E-state index in [-0.39, 0.29) is 5.56 Å². The minimum absolute atomic E-state index is 0.0927. The van der Waals surface area contributed by atoms with E-state index in [0.29, 0.717) is 50.1 Å². The molecule has 4 nitrogen and oxygen atoms in total. The maximum absolute atomic E-state index is 12.6. The van der Waals surface area contributed by atoms with E-state index in [2.05, 4.69) is 11.6 Å². The molecule has 1 aromatic carbocycles. The Labute approximate surface area is 167 Å². The first-order valence-corrected chi connectivity index (χ1v) is 10.6. The number of ether oxygens (including phenoxy) is 1. The molecule has 0 bridgehead atoms. The van der Waals surface area contributed by atoms with Crippen LogP contribution in [-0.4, -0.2) is 22.4 Å². The van der Waals surface area contributed by atoms with Gasteiger partial charge in [-0.2, -0.15) is 8.78 Å². The molecule has 2 heterocycles. The Hall–Kier alpha value is -1.84. The highest BCUT2D eigenvalue weighted by Crippen LogP contribution is 2.35. The van der Waals surface area contributed by atoms with Gasteiger partial charge in [-0.3, -0.25) is 9.36 Å². The van der Waals surface area contributed by atoms with Crippen LogP contribution in [-0.2, 0) is 12.3 Å². The maximum atomic E-state index is 12.6. The Kier molecular flexibility index (Phi) is 6.56. The summed E-state index contributed by atoms with van der Waals surface area (Å²) >= 11 is 3.29. The molecule has 0 aliphatic heterocycles. The van der Waals surface area contributed by atoms with Crippen LogP contribution >= 0.6 is 34.9 Å². The number of rotatable bonds is 8. The van der Waals surface area contributed by atoms with E-state index in [4.69, 9.17) is 4.74 Å². The van der Waals surface area contributed by atoms with Gasteiger partial charge in [0.1, 0.15) is 10.6 Å². The fraction of sp³-hybridized carbons (Fsp3) is 0.222. The first kappa shape index (κ1) is 19.9. The van der Waals surface area contributed by atoms with Crippen molar-refractivity contribution in [3.63, 3.8) is 0 Å². The molecule has 0 radical (unpaired) electrons. The molecule has 0 N–H and O–H groups in total. The van der Waals surface area contributed by atoms with Crippen LogP contribution in [0.25, 0.3) is 10.2 Å². The van der Waals surface area contributed by atoms with Crippen LogP contribution in [0.2, 0.25) is 0 Å². The lowest BCUT2D eigenvalue weighted by Gasteiger charge is -2.12. The van der Waals surface area contributed by atoms with Gasteiger partial charge in [-0.25, -0.2) is 4.98 Å². The third-order valence-electron chi connectivity index (χ3n) is 3.67. The number of alkyl halides is 2. The zero-order valence-electron chi connectivity index (χ0n) is 14.4. The molecule has 0 saturated carbocycles. The van der Waals surface area contributed by atoms with Gasteiger partial charge in [-0.05, 0) is 29.1 Å². The quantitative estimate of drug-likeness (QED) is 0.279. The number of benzene rings is 1. The van der Waals surface area contributed by atoms with Gasteiger partial charge in [0.25, 0.3) is 11.3 Å². The van der Waals surface area contributed by atoms with E-state index in [9.17, 15) is 13.6 Å². The number of hydrogen-bond donors (Lipinski definition) is 0. The van der Waals surface area contributed by atoms with Crippen LogP contribution in [0.15, 0.2) is 57.1 Å². The SMILES string of the molecule is C=CCn1c(SCc2ccc(SC(F)F)c(OC)c2)nc2sccc2c1=O. The predicted molar refractivity (Wildman–Crippen MR) is 108 cm³/mol. The number of aromatic nitrogens is 2. The second-order valence-corrected chi connectivity index (χ2v) is 8.26. The summed E-state index contributed by atoms with van der Waals surface area (Å²) in [6.07, 6.45) is 1.66. The molecule has 0 unspecified atom stereocenters. The van der Waals surface area contributed by atoms with E-state index in [1.54, 1.807) is 34.9 Å². The number of fused-ring (bicyclic) bond motifs is 1. The Bertz CT molecular complexity index is 1020. The van der Waals surface area contributed by atoms with Gasteiger partial charge in [0.2, 0.25) is 0 Å². The number of thiophene rings is 1. The smallest absolute Gasteiger partial charge is 0.289 e. The van der Waals surface area contributed by atoms with Gasteiger partial charge >= 0.3 is 0 Å². The van der Waals surface area contributed by atoms with Gasteiger partial charge < -0.3 is 4.74 Å². The molecule has 27 heavy (non-hydrogen) atoms. The molecule has 9 heteroatoms. The lowest BCUT2D eigenvalue weighted by Crippen LogP contribution is -2.22. The van der Waals surface area contributed by atoms with Crippen molar-refractivity contribution in [1.82, 2.24) is 9.55 Å². The number of halogens is 2. The summed E-state index contributed by atoms with van der Waals surface area (Å²) in [5.41, 5.74) is 0.797. The Morgan fingerprint density at radius 1 is 1.41 bits per heavy atom. The summed E-state index contributed by atoms with van der Waals surface area (Å²) < 4.78 is 32.0. The molecule has 0 saturated heterocycles. The van der Waals surface area contributed by atoms with Crippen molar-refractivity contribution >= 4 is 45.1 Å². The van der Waals surface area contributed by atoms with E-state index in [1.807, 2.05) is 5.38 Å². The number of nitrogens with zero attached hydrogens (tertiary/aromatic N) is 2. The second-order valence-electron chi connectivity index (χ2n) is 5.39. The van der Waals surface area contributed by atoms with Gasteiger partial charge in [-0.15, -0.1) is 17.9 Å². The molecule has 3 rings (SSSR count). The van der Waals surface area contributed by atoms with Gasteiger partial charge in [0.15, 0.2) is 5.16 Å². The summed E-state index contributed by atoms with van der Waals surface area (Å²) in [4.78, 5) is 18.3. The number of methoxy groups -OCH3 is 1. The maximum Gasteiger partial charge on any atom is 0.289 e. The van der Waals surface area contributed by atoms with Crippen LogP contribution in [0, 0.1) is 0 Å². The topological polar surface area (TPSA) is 44.1 Å². The van der Waals surface area contributed by atoms with Crippen molar-refractivity contribution in [1.29, 1.82) is 0 Å². The van der Waals surface area contributed by atoms with E-state index >= 15 is 0 Å². The minimum atomic E-state index is -2.51. The second kappa shape index (κ2) is 8.90. The van der Waals surface area contributed by atoms with Crippen LogP contribution < -0.4 is 10.3 Å². The van der Waals surface area contributed by atoms with Crippen molar-refractivity contribution in [2.75, 3.05) is 7.11 Å². The minimum Gasteiger partial charge on any atom is -0.496 e. The average Bonchev–Trinajstić information content (AvgIpc) is 3.12. The lowest BCUT2D eigenvalue weighted by atomic mass is 10.2. The molecular formula is C18H16F2N2O2S3. The first-order valence-electron chi connectivity index (χ1n) is 7.87. The van der Waals surface area contributed by atoms with Crippen molar-refractivity contribution in [2.45, 2.75) is 28.1 Å². The average molecular weight is 427 g/mol. The molecule has 2 aromatic heterocycles. The highest BCUT2D eigenvalue weighted by Gasteiger charge is 2.14. The first-order chi connectivity index (χ1) is 13.0. The fourth-order valence-corrected chi connectivity index (χ4v) is 4.83. The number of thioether (sulfide) groups is 2. The van der Waals surface area contributed by atoms with Crippen molar-refractivity contribution in [3.8, 4) is 5.75 Å². The summed E-state index contributed by atoms with van der Waals surface area (Å²) in [5, 5.41) is 3.04. The van der Waals surface area contributed by atoms with Crippen LogP contribution in [0.4, 0.5) is 8.78 Å². The van der Waals surface area contributed by atoms with Gasteiger partial charge in [0.05, 0.1) is 17.4 Å². The van der Waals surface area contributed by atoms with E-state index in [1.165, 1.54) is 30.2 Å². The molecule has 3 aromatic rings. The summed E-state index contributed by atoms with van der Waals surface area (Å²) in [5.74, 6) is -1.58. The normalized spacial score (nSPS) is 11.3. The summed E-state index contributed by atoms with van der Waals surface area (Å²) in [7, 11) is 1.45. The lowest BCUT2D eigenvalue weighted by molar-refractivity contribution is 0.251.